The van der Waals surface area contributed by atoms with Crippen molar-refractivity contribution in [3.63, 3.8) is 0 Å². The largest absolute Gasteiger partial charge is 0.355 e. The Bertz CT molecular complexity index is 961. The second-order valence-corrected chi connectivity index (χ2v) is 5.61. The van der Waals surface area contributed by atoms with Crippen LogP contribution in [-0.4, -0.2) is 20.8 Å². The summed E-state index contributed by atoms with van der Waals surface area (Å²) in [4.78, 5) is 30.9. The molecule has 0 aliphatic carbocycles. The number of nitro groups is 1. The molecule has 9 nitrogen and oxygen atoms in total. The van der Waals surface area contributed by atoms with E-state index < -0.39 is 10.8 Å². The molecular weight excluding hydrogens is 348 g/mol. The van der Waals surface area contributed by atoms with Crippen molar-refractivity contribution < 1.29 is 9.72 Å². The monoisotopic (exact) mass is 364 g/mol. The number of rotatable bonds is 6. The van der Waals surface area contributed by atoms with E-state index in [0.717, 1.165) is 5.56 Å². The van der Waals surface area contributed by atoms with Crippen molar-refractivity contribution in [3.8, 4) is 0 Å². The maximum atomic E-state index is 12.2. The number of carbonyl (C=O) groups excluding carboxylic acids is 1. The highest BCUT2D eigenvalue weighted by molar-refractivity contribution is 5.95. The third kappa shape index (κ3) is 4.34. The highest BCUT2D eigenvalue weighted by Gasteiger charge is 2.23. The van der Waals surface area contributed by atoms with Crippen molar-refractivity contribution in [3.05, 3.63) is 82.2 Å². The van der Waals surface area contributed by atoms with Crippen molar-refractivity contribution in [1.82, 2.24) is 15.4 Å². The second-order valence-electron chi connectivity index (χ2n) is 5.61. The van der Waals surface area contributed by atoms with Crippen molar-refractivity contribution in [1.29, 1.82) is 0 Å². The van der Waals surface area contributed by atoms with Crippen LogP contribution in [0, 0.1) is 17.0 Å². The fourth-order valence-corrected chi connectivity index (χ4v) is 2.29. The van der Waals surface area contributed by atoms with Gasteiger partial charge < -0.3 is 5.32 Å². The smallest absolute Gasteiger partial charge is 0.334 e. The number of nitrogens with one attached hydrogen (secondary N) is 3. The van der Waals surface area contributed by atoms with Crippen molar-refractivity contribution in [2.45, 2.75) is 6.92 Å². The van der Waals surface area contributed by atoms with Gasteiger partial charge in [-0.2, -0.15) is 0 Å². The first-order valence-corrected chi connectivity index (χ1v) is 7.99. The van der Waals surface area contributed by atoms with E-state index >= 15 is 0 Å². The summed E-state index contributed by atoms with van der Waals surface area (Å²) in [6.07, 6.45) is 1.17. The van der Waals surface area contributed by atoms with Gasteiger partial charge in [0.05, 0.1) is 4.92 Å². The summed E-state index contributed by atoms with van der Waals surface area (Å²) in [7, 11) is 0. The molecule has 0 aliphatic heterocycles. The van der Waals surface area contributed by atoms with Crippen molar-refractivity contribution in [2.75, 3.05) is 10.7 Å². The van der Waals surface area contributed by atoms with E-state index in [1.807, 2.05) is 13.0 Å². The van der Waals surface area contributed by atoms with Crippen LogP contribution in [0.2, 0.25) is 0 Å². The van der Waals surface area contributed by atoms with Gasteiger partial charge in [-0.3, -0.25) is 25.8 Å². The molecule has 0 bridgehead atoms. The lowest BCUT2D eigenvalue weighted by Gasteiger charge is -2.11. The zero-order valence-corrected chi connectivity index (χ0v) is 14.3. The normalized spacial score (nSPS) is 10.1. The molecule has 0 unspecified atom stereocenters. The van der Waals surface area contributed by atoms with Crippen LogP contribution < -0.4 is 16.2 Å². The van der Waals surface area contributed by atoms with Crippen LogP contribution in [-0.2, 0) is 0 Å². The molecule has 136 valence electrons. The summed E-state index contributed by atoms with van der Waals surface area (Å²) >= 11 is 0. The molecule has 1 amide bonds. The van der Waals surface area contributed by atoms with E-state index in [0.29, 0.717) is 11.3 Å². The molecule has 0 fully saturated rings. The first-order chi connectivity index (χ1) is 13.0. The van der Waals surface area contributed by atoms with Gasteiger partial charge in [0.25, 0.3) is 5.91 Å². The zero-order chi connectivity index (χ0) is 19.2. The molecule has 27 heavy (non-hydrogen) atoms. The van der Waals surface area contributed by atoms with E-state index in [1.165, 1.54) is 6.33 Å². The van der Waals surface area contributed by atoms with Crippen LogP contribution in [0.25, 0.3) is 0 Å². The first-order valence-electron chi connectivity index (χ1n) is 7.99. The first kappa shape index (κ1) is 17.8. The van der Waals surface area contributed by atoms with E-state index in [4.69, 9.17) is 0 Å². The zero-order valence-electron chi connectivity index (χ0n) is 14.3. The van der Waals surface area contributed by atoms with Gasteiger partial charge in [0.2, 0.25) is 11.6 Å². The van der Waals surface area contributed by atoms with Crippen LogP contribution in [0.1, 0.15) is 15.9 Å². The quantitative estimate of drug-likeness (QED) is 0.453. The Labute approximate surface area is 154 Å². The van der Waals surface area contributed by atoms with E-state index in [2.05, 4.69) is 26.1 Å². The third-order valence-corrected chi connectivity index (χ3v) is 3.65. The third-order valence-electron chi connectivity index (χ3n) is 3.65. The summed E-state index contributed by atoms with van der Waals surface area (Å²) in [6.45, 7) is 1.91. The second kappa shape index (κ2) is 7.91. The summed E-state index contributed by atoms with van der Waals surface area (Å²) in [6, 6.07) is 15.8. The van der Waals surface area contributed by atoms with E-state index in [-0.39, 0.29) is 17.3 Å². The van der Waals surface area contributed by atoms with Gasteiger partial charge >= 0.3 is 5.69 Å². The fourth-order valence-electron chi connectivity index (χ4n) is 2.29. The van der Waals surface area contributed by atoms with Gasteiger partial charge in [-0.05, 0) is 31.2 Å². The Kier molecular flexibility index (Phi) is 5.22. The Balaban J connectivity index is 1.80. The minimum atomic E-state index is -0.619. The number of nitrogens with zero attached hydrogens (tertiary/aromatic N) is 3. The lowest BCUT2D eigenvalue weighted by Crippen LogP contribution is -2.30. The Morgan fingerprint density at radius 2 is 1.67 bits per heavy atom. The number of aromatic nitrogens is 2. The average molecular weight is 364 g/mol. The maximum absolute atomic E-state index is 12.2. The van der Waals surface area contributed by atoms with Gasteiger partial charge in [0, 0.05) is 11.3 Å². The number of hydrazine groups is 1. The Morgan fingerprint density at radius 1 is 1.00 bits per heavy atom. The van der Waals surface area contributed by atoms with Gasteiger partial charge in [-0.25, -0.2) is 9.97 Å². The molecule has 0 saturated carbocycles. The molecule has 3 rings (SSSR count). The molecule has 9 heteroatoms. The number of hydrogen-bond acceptors (Lipinski definition) is 7. The fraction of sp³-hybridized carbons (Fsp3) is 0.0556. The number of aryl methyl sites for hydroxylation is 1. The highest BCUT2D eigenvalue weighted by atomic mass is 16.6. The molecule has 0 atom stereocenters. The van der Waals surface area contributed by atoms with E-state index in [9.17, 15) is 14.9 Å². The molecule has 0 radical (unpaired) electrons. The predicted molar refractivity (Wildman–Crippen MR) is 101 cm³/mol. The summed E-state index contributed by atoms with van der Waals surface area (Å²) in [5, 5.41) is 14.4. The molecule has 1 aromatic heterocycles. The standard InChI is InChI=1S/C18H16N6O3/c1-12-7-9-13(10-8-12)18(25)23-22-17-15(24(26)27)16(19-11-20-17)21-14-5-3-2-4-6-14/h2-11H,1H3,(H,23,25)(H2,19,20,21,22). The highest BCUT2D eigenvalue weighted by Crippen LogP contribution is 2.30. The topological polar surface area (TPSA) is 122 Å². The Morgan fingerprint density at radius 3 is 2.33 bits per heavy atom. The maximum Gasteiger partial charge on any atom is 0.355 e. The average Bonchev–Trinajstić information content (AvgIpc) is 2.67. The van der Waals surface area contributed by atoms with Crippen molar-refractivity contribution in [2.24, 2.45) is 0 Å². The number of anilines is 3. The SMILES string of the molecule is Cc1ccc(C(=O)NNc2ncnc(Nc3ccccc3)c2[N+](=O)[O-])cc1. The molecule has 1 heterocycles. The summed E-state index contributed by atoms with van der Waals surface area (Å²) in [5.74, 6) is -0.567. The molecule has 0 spiro atoms. The molecule has 2 aromatic carbocycles. The number of hydrogen-bond donors (Lipinski definition) is 3. The predicted octanol–water partition coefficient (Wildman–Crippen LogP) is 3.19. The lowest BCUT2D eigenvalue weighted by atomic mass is 10.1. The van der Waals surface area contributed by atoms with Crippen LogP contribution in [0.3, 0.4) is 0 Å². The minimum absolute atomic E-state index is 0.00767. The molecule has 3 N–H and O–H groups in total. The number of benzene rings is 2. The molecular formula is C18H16N6O3. The Hall–Kier alpha value is -4.01. The van der Waals surface area contributed by atoms with Gasteiger partial charge in [0.15, 0.2) is 0 Å². The number of carbonyl (C=O) groups is 1. The van der Waals surface area contributed by atoms with Crippen LogP contribution >= 0.6 is 0 Å². The van der Waals surface area contributed by atoms with E-state index in [1.54, 1.807) is 48.5 Å². The number of para-hydroxylation sites is 1. The number of amides is 1. The molecule has 0 saturated heterocycles. The van der Waals surface area contributed by atoms with Crippen LogP contribution in [0.5, 0.6) is 0 Å². The molecule has 0 aliphatic rings. The minimum Gasteiger partial charge on any atom is -0.334 e. The van der Waals surface area contributed by atoms with Gasteiger partial charge in [-0.15, -0.1) is 0 Å². The van der Waals surface area contributed by atoms with Crippen LogP contribution in [0.15, 0.2) is 60.9 Å². The summed E-state index contributed by atoms with van der Waals surface area (Å²) in [5.41, 5.74) is 6.59. The van der Waals surface area contributed by atoms with Crippen LogP contribution in [0.4, 0.5) is 23.0 Å². The summed E-state index contributed by atoms with van der Waals surface area (Å²) < 4.78 is 0. The van der Waals surface area contributed by atoms with Crippen molar-refractivity contribution >= 4 is 28.9 Å². The lowest BCUT2D eigenvalue weighted by molar-refractivity contribution is -0.383. The van der Waals surface area contributed by atoms with Gasteiger partial charge in [-0.1, -0.05) is 35.9 Å². The van der Waals surface area contributed by atoms with Gasteiger partial charge in [0.1, 0.15) is 6.33 Å². The molecule has 3 aromatic rings.